The molecule has 1 aliphatic heterocycles. The van der Waals surface area contributed by atoms with Crippen molar-refractivity contribution in [2.24, 2.45) is 4.99 Å². The van der Waals surface area contributed by atoms with Crippen molar-refractivity contribution >= 4 is 29.9 Å². The molecule has 0 saturated heterocycles. The van der Waals surface area contributed by atoms with E-state index in [9.17, 15) is 5.26 Å². The first-order valence-corrected chi connectivity index (χ1v) is 8.56. The van der Waals surface area contributed by atoms with E-state index in [-0.39, 0.29) is 0 Å². The van der Waals surface area contributed by atoms with Crippen LogP contribution in [0.5, 0.6) is 11.5 Å². The van der Waals surface area contributed by atoms with Gasteiger partial charge >= 0.3 is 0 Å². The fourth-order valence-electron chi connectivity index (χ4n) is 2.98. The van der Waals surface area contributed by atoms with Crippen LogP contribution >= 0.6 is 24.2 Å². The van der Waals surface area contributed by atoms with Crippen LogP contribution in [-0.2, 0) is 11.2 Å². The summed E-state index contributed by atoms with van der Waals surface area (Å²) in [6, 6.07) is 13.2. The number of nitrogens with zero attached hydrogens (tertiary/aromatic N) is 2. The summed E-state index contributed by atoms with van der Waals surface area (Å²) in [7, 11) is 3.19. The molecule has 2 aromatic rings. The average molecular weight is 373 g/mol. The average Bonchev–Trinajstić information content (AvgIpc) is 2.66. The molecule has 1 aliphatic rings. The summed E-state index contributed by atoms with van der Waals surface area (Å²) >= 11 is 10.7. The Labute approximate surface area is 157 Å². The zero-order chi connectivity index (χ0) is 18.0. The van der Waals surface area contributed by atoms with Gasteiger partial charge in [-0.15, -0.1) is 12.6 Å². The predicted molar refractivity (Wildman–Crippen MR) is 102 cm³/mol. The van der Waals surface area contributed by atoms with Gasteiger partial charge in [-0.05, 0) is 41.8 Å². The normalized spacial score (nSPS) is 15.4. The van der Waals surface area contributed by atoms with Crippen molar-refractivity contribution in [3.8, 4) is 17.6 Å². The lowest BCUT2D eigenvalue weighted by Crippen LogP contribution is -2.32. The van der Waals surface area contributed by atoms with Gasteiger partial charge in [0.05, 0.1) is 26.0 Å². The van der Waals surface area contributed by atoms with Crippen LogP contribution in [0.1, 0.15) is 16.7 Å². The maximum atomic E-state index is 9.92. The molecular formula is C19H17ClN2O2S. The number of halogens is 1. The van der Waals surface area contributed by atoms with E-state index >= 15 is 0 Å². The second-order valence-corrected chi connectivity index (χ2v) is 6.78. The van der Waals surface area contributed by atoms with Gasteiger partial charge in [0.15, 0.2) is 16.2 Å². The molecule has 0 N–H and O–H groups in total. The summed E-state index contributed by atoms with van der Waals surface area (Å²) in [6.07, 6.45) is 0.773. The van der Waals surface area contributed by atoms with E-state index in [0.717, 1.165) is 23.1 Å². The van der Waals surface area contributed by atoms with E-state index < -0.39 is 4.75 Å². The Morgan fingerprint density at radius 3 is 2.40 bits per heavy atom. The maximum absolute atomic E-state index is 9.92. The molecule has 0 spiro atoms. The van der Waals surface area contributed by atoms with Gasteiger partial charge in [0.2, 0.25) is 0 Å². The third-order valence-corrected chi connectivity index (χ3v) is 5.10. The molecule has 1 atom stereocenters. The van der Waals surface area contributed by atoms with E-state index in [0.29, 0.717) is 28.8 Å². The minimum Gasteiger partial charge on any atom is -0.493 e. The van der Waals surface area contributed by atoms with Crippen LogP contribution < -0.4 is 9.47 Å². The van der Waals surface area contributed by atoms with Crippen molar-refractivity contribution in [1.29, 1.82) is 5.26 Å². The lowest BCUT2D eigenvalue weighted by Gasteiger charge is -2.28. The van der Waals surface area contributed by atoms with Crippen LogP contribution in [0.2, 0.25) is 5.02 Å². The highest BCUT2D eigenvalue weighted by Gasteiger charge is 2.38. The summed E-state index contributed by atoms with van der Waals surface area (Å²) in [5, 5.41) is 10.5. The van der Waals surface area contributed by atoms with Gasteiger partial charge < -0.3 is 9.47 Å². The van der Waals surface area contributed by atoms with E-state index in [1.807, 2.05) is 12.1 Å². The maximum Gasteiger partial charge on any atom is 0.167 e. The first-order chi connectivity index (χ1) is 12.0. The summed E-state index contributed by atoms with van der Waals surface area (Å²) in [5.41, 5.74) is 3.26. The standard InChI is InChI=1S/C19H17ClN2O2S/c1-23-16-9-12-7-8-22-18(15(12)10-17(16)24-2)19(25,11-21)13-3-5-14(20)6-4-13/h3-6,9-10,25H,7-8H2,1-2H3. The lowest BCUT2D eigenvalue weighted by atomic mass is 9.85. The fraction of sp³-hybridized carbons (Fsp3) is 0.263. The largest absolute Gasteiger partial charge is 0.493 e. The molecule has 0 radical (unpaired) electrons. The number of ether oxygens (including phenoxy) is 2. The van der Waals surface area contributed by atoms with Crippen LogP contribution in [0.15, 0.2) is 41.4 Å². The second-order valence-electron chi connectivity index (χ2n) is 5.67. The highest BCUT2D eigenvalue weighted by atomic mass is 35.5. The van der Waals surface area contributed by atoms with E-state index in [1.54, 1.807) is 38.5 Å². The predicted octanol–water partition coefficient (Wildman–Crippen LogP) is 4.05. The van der Waals surface area contributed by atoms with Crippen LogP contribution in [0, 0.1) is 11.3 Å². The molecule has 0 aliphatic carbocycles. The van der Waals surface area contributed by atoms with Gasteiger partial charge in [-0.1, -0.05) is 23.7 Å². The zero-order valence-electron chi connectivity index (χ0n) is 13.9. The summed E-state index contributed by atoms with van der Waals surface area (Å²) in [4.78, 5) is 4.63. The smallest absolute Gasteiger partial charge is 0.167 e. The van der Waals surface area contributed by atoms with Gasteiger partial charge in [-0.25, -0.2) is 0 Å². The van der Waals surface area contributed by atoms with Crippen molar-refractivity contribution in [2.45, 2.75) is 11.2 Å². The van der Waals surface area contributed by atoms with Crippen molar-refractivity contribution in [1.82, 2.24) is 0 Å². The first kappa shape index (κ1) is 17.7. The molecule has 1 heterocycles. The molecule has 25 heavy (non-hydrogen) atoms. The summed E-state index contributed by atoms with van der Waals surface area (Å²) in [5.74, 6) is 1.26. The molecule has 0 bridgehead atoms. The van der Waals surface area contributed by atoms with Gasteiger partial charge in [0, 0.05) is 17.1 Å². The number of thiol groups is 1. The van der Waals surface area contributed by atoms with Gasteiger partial charge in [-0.2, -0.15) is 5.26 Å². The molecule has 0 saturated carbocycles. The number of hydrogen-bond acceptors (Lipinski definition) is 5. The number of methoxy groups -OCH3 is 2. The van der Waals surface area contributed by atoms with Crippen LogP contribution in [-0.4, -0.2) is 26.5 Å². The number of nitriles is 1. The zero-order valence-corrected chi connectivity index (χ0v) is 15.6. The molecule has 3 rings (SSSR count). The third kappa shape index (κ3) is 3.08. The van der Waals surface area contributed by atoms with Gasteiger partial charge in [0.25, 0.3) is 0 Å². The Balaban J connectivity index is 2.16. The molecular weight excluding hydrogens is 356 g/mol. The highest BCUT2D eigenvalue weighted by Crippen LogP contribution is 2.39. The summed E-state index contributed by atoms with van der Waals surface area (Å²) in [6.45, 7) is 0.593. The van der Waals surface area contributed by atoms with Crippen molar-refractivity contribution < 1.29 is 9.47 Å². The third-order valence-electron chi connectivity index (χ3n) is 4.28. The first-order valence-electron chi connectivity index (χ1n) is 7.73. The highest BCUT2D eigenvalue weighted by molar-refractivity contribution is 7.82. The Bertz CT molecular complexity index is 874. The monoisotopic (exact) mass is 372 g/mol. The van der Waals surface area contributed by atoms with Crippen LogP contribution in [0.3, 0.4) is 0 Å². The molecule has 0 aromatic heterocycles. The molecule has 0 amide bonds. The van der Waals surface area contributed by atoms with E-state index in [2.05, 4.69) is 11.1 Å². The van der Waals surface area contributed by atoms with Crippen molar-refractivity contribution in [2.75, 3.05) is 20.8 Å². The van der Waals surface area contributed by atoms with Gasteiger partial charge in [0.1, 0.15) is 0 Å². The SMILES string of the molecule is COc1cc2c(cc1OC)C(C(S)(C#N)c1ccc(Cl)cc1)=NCC2. The van der Waals surface area contributed by atoms with E-state index in [1.165, 1.54) is 0 Å². The minimum atomic E-state index is -1.18. The Kier molecular flexibility index (Phi) is 4.94. The molecule has 1 unspecified atom stereocenters. The molecule has 128 valence electrons. The number of rotatable bonds is 4. The second kappa shape index (κ2) is 6.99. The topological polar surface area (TPSA) is 54.6 Å². The van der Waals surface area contributed by atoms with Crippen LogP contribution in [0.25, 0.3) is 0 Å². The minimum absolute atomic E-state index is 0.593. The molecule has 4 nitrogen and oxygen atoms in total. The van der Waals surface area contributed by atoms with Crippen molar-refractivity contribution in [3.63, 3.8) is 0 Å². The fourth-order valence-corrected chi connectivity index (χ4v) is 3.44. The van der Waals surface area contributed by atoms with Crippen molar-refractivity contribution in [3.05, 3.63) is 58.1 Å². The Morgan fingerprint density at radius 1 is 1.16 bits per heavy atom. The number of fused-ring (bicyclic) bond motifs is 1. The Hall–Kier alpha value is -2.16. The molecule has 2 aromatic carbocycles. The number of benzene rings is 2. The van der Waals surface area contributed by atoms with Gasteiger partial charge in [-0.3, -0.25) is 4.99 Å². The van der Waals surface area contributed by atoms with Crippen LogP contribution in [0.4, 0.5) is 0 Å². The Morgan fingerprint density at radius 2 is 1.80 bits per heavy atom. The molecule has 6 heteroatoms. The van der Waals surface area contributed by atoms with E-state index in [4.69, 9.17) is 33.7 Å². The molecule has 0 fully saturated rings. The lowest BCUT2D eigenvalue weighted by molar-refractivity contribution is 0.354. The quantitative estimate of drug-likeness (QED) is 0.824. The number of aliphatic imine (C=N–C) groups is 1. The number of hydrogen-bond donors (Lipinski definition) is 1. The summed E-state index contributed by atoms with van der Waals surface area (Å²) < 4.78 is 9.62.